The van der Waals surface area contributed by atoms with Crippen LogP contribution in [0.1, 0.15) is 37.9 Å². The molecule has 1 fully saturated rings. The van der Waals surface area contributed by atoms with E-state index in [-0.39, 0.29) is 52.7 Å². The fourth-order valence-electron chi connectivity index (χ4n) is 5.14. The largest absolute Gasteiger partial charge is 0.507 e. The van der Waals surface area contributed by atoms with Crippen LogP contribution in [-0.2, 0) is 0 Å². The zero-order valence-electron chi connectivity index (χ0n) is 22.4. The molecular weight excluding hydrogens is 539 g/mol. The number of fused-ring (bicyclic) bond motifs is 1. The number of hydrogen-bond acceptors (Lipinski definition) is 7. The first kappa shape index (κ1) is 27.3. The number of halogens is 2. The average Bonchev–Trinajstić information content (AvgIpc) is 2.90. The SMILES string of the molecule is Cc1ccnc(C(C)C)c1-n1c(=O)nc(N2CCN(C(=O)O)CC2C)c2cc(Cl)c(-c3cc(F)ccc3O)nc21. The lowest BCUT2D eigenvalue weighted by Crippen LogP contribution is -2.54. The molecule has 0 saturated carbocycles. The third-order valence-electron chi connectivity index (χ3n) is 7.11. The summed E-state index contributed by atoms with van der Waals surface area (Å²) < 4.78 is 15.6. The summed E-state index contributed by atoms with van der Waals surface area (Å²) in [4.78, 5) is 42.4. The number of phenols is 1. The Balaban J connectivity index is 1.85. The minimum Gasteiger partial charge on any atom is -0.507 e. The third-order valence-corrected chi connectivity index (χ3v) is 7.40. The molecule has 2 N–H and O–H groups in total. The second-order valence-corrected chi connectivity index (χ2v) is 10.6. The van der Waals surface area contributed by atoms with Crippen LogP contribution in [0.25, 0.3) is 28.0 Å². The summed E-state index contributed by atoms with van der Waals surface area (Å²) in [6.45, 7) is 8.38. The van der Waals surface area contributed by atoms with Crippen molar-refractivity contribution in [1.82, 2.24) is 24.4 Å². The Labute approximate surface area is 234 Å². The number of carboxylic acid groups (broad SMARTS) is 1. The van der Waals surface area contributed by atoms with Gasteiger partial charge >= 0.3 is 11.8 Å². The predicted octanol–water partition coefficient (Wildman–Crippen LogP) is 4.96. The molecule has 1 aliphatic heterocycles. The zero-order valence-corrected chi connectivity index (χ0v) is 23.1. The first-order chi connectivity index (χ1) is 19.0. The fourth-order valence-corrected chi connectivity index (χ4v) is 5.40. The number of anilines is 1. The first-order valence-electron chi connectivity index (χ1n) is 12.8. The van der Waals surface area contributed by atoms with Crippen molar-refractivity contribution in [2.24, 2.45) is 0 Å². The molecule has 4 heterocycles. The van der Waals surface area contributed by atoms with Crippen LogP contribution in [0.3, 0.4) is 0 Å². The summed E-state index contributed by atoms with van der Waals surface area (Å²) in [5.41, 5.74) is 1.70. The Bertz CT molecular complexity index is 1710. The lowest BCUT2D eigenvalue weighted by atomic mass is 10.0. The molecule has 12 heteroatoms. The van der Waals surface area contributed by atoms with E-state index in [1.807, 2.05) is 32.6 Å². The minimum absolute atomic E-state index is 0.0420. The molecule has 1 aromatic carbocycles. The van der Waals surface area contributed by atoms with E-state index in [9.17, 15) is 24.2 Å². The van der Waals surface area contributed by atoms with Crippen LogP contribution in [0.2, 0.25) is 5.02 Å². The van der Waals surface area contributed by atoms with Gasteiger partial charge in [-0.05, 0) is 55.7 Å². The average molecular weight is 567 g/mol. The predicted molar refractivity (Wildman–Crippen MR) is 150 cm³/mol. The summed E-state index contributed by atoms with van der Waals surface area (Å²) in [7, 11) is 0. The first-order valence-corrected chi connectivity index (χ1v) is 13.2. The van der Waals surface area contributed by atoms with Crippen LogP contribution in [0.5, 0.6) is 5.75 Å². The number of rotatable bonds is 4. The number of aryl methyl sites for hydroxylation is 1. The van der Waals surface area contributed by atoms with Gasteiger partial charge in [-0.25, -0.2) is 23.5 Å². The number of hydrogen-bond donors (Lipinski definition) is 2. The van der Waals surface area contributed by atoms with Gasteiger partial charge in [-0.3, -0.25) is 4.98 Å². The third kappa shape index (κ3) is 4.70. The molecular formula is C28H28ClFN6O4. The van der Waals surface area contributed by atoms with Crippen LogP contribution in [0, 0.1) is 12.7 Å². The molecule has 3 aromatic heterocycles. The van der Waals surface area contributed by atoms with Gasteiger partial charge in [0.25, 0.3) is 0 Å². The zero-order chi connectivity index (χ0) is 28.9. The topological polar surface area (TPSA) is 125 Å². The highest BCUT2D eigenvalue weighted by Gasteiger charge is 2.31. The van der Waals surface area contributed by atoms with E-state index in [2.05, 4.69) is 9.97 Å². The maximum atomic E-state index is 14.2. The van der Waals surface area contributed by atoms with Gasteiger partial charge in [0.2, 0.25) is 0 Å². The normalized spacial score (nSPS) is 15.7. The highest BCUT2D eigenvalue weighted by molar-refractivity contribution is 6.34. The number of nitrogens with zero attached hydrogens (tertiary/aromatic N) is 6. The highest BCUT2D eigenvalue weighted by atomic mass is 35.5. The summed E-state index contributed by atoms with van der Waals surface area (Å²) in [5, 5.41) is 20.6. The van der Waals surface area contributed by atoms with Gasteiger partial charge < -0.3 is 20.0 Å². The molecule has 0 radical (unpaired) electrons. The fraction of sp³-hybridized carbons (Fsp3) is 0.321. The summed E-state index contributed by atoms with van der Waals surface area (Å²) in [6.07, 6.45) is 0.657. The molecule has 4 aromatic rings. The maximum absolute atomic E-state index is 14.2. The Morgan fingerprint density at radius 3 is 2.60 bits per heavy atom. The van der Waals surface area contributed by atoms with E-state index in [1.54, 1.807) is 18.3 Å². The van der Waals surface area contributed by atoms with E-state index in [0.29, 0.717) is 29.1 Å². The van der Waals surface area contributed by atoms with Crippen LogP contribution < -0.4 is 10.6 Å². The number of amides is 1. The molecule has 1 unspecified atom stereocenters. The van der Waals surface area contributed by atoms with Crippen molar-refractivity contribution < 1.29 is 19.4 Å². The summed E-state index contributed by atoms with van der Waals surface area (Å²) in [5.74, 6) is -0.545. The number of benzene rings is 1. The van der Waals surface area contributed by atoms with Gasteiger partial charge in [0, 0.05) is 37.4 Å². The van der Waals surface area contributed by atoms with Gasteiger partial charge in [-0.15, -0.1) is 0 Å². The van der Waals surface area contributed by atoms with Crippen LogP contribution in [0.15, 0.2) is 41.3 Å². The minimum atomic E-state index is -1.02. The van der Waals surface area contributed by atoms with Gasteiger partial charge in [0.05, 0.1) is 27.5 Å². The van der Waals surface area contributed by atoms with Crippen molar-refractivity contribution >= 4 is 34.5 Å². The Kier molecular flexibility index (Phi) is 7.09. The molecule has 0 spiro atoms. The molecule has 10 nitrogen and oxygen atoms in total. The van der Waals surface area contributed by atoms with Gasteiger partial charge in [-0.1, -0.05) is 25.4 Å². The smallest absolute Gasteiger partial charge is 0.407 e. The van der Waals surface area contributed by atoms with E-state index in [1.165, 1.54) is 15.5 Å². The summed E-state index contributed by atoms with van der Waals surface area (Å²) >= 11 is 6.70. The number of aromatic hydroxyl groups is 1. The lowest BCUT2D eigenvalue weighted by Gasteiger charge is -2.39. The van der Waals surface area contributed by atoms with E-state index >= 15 is 0 Å². The van der Waals surface area contributed by atoms with E-state index in [0.717, 1.165) is 17.7 Å². The number of carbonyl (C=O) groups is 1. The van der Waals surface area contributed by atoms with Crippen LogP contribution in [-0.4, -0.2) is 66.4 Å². The highest BCUT2D eigenvalue weighted by Crippen LogP contribution is 2.38. The molecule has 1 atom stereocenters. The van der Waals surface area contributed by atoms with Crippen molar-refractivity contribution in [3.8, 4) is 22.7 Å². The van der Waals surface area contributed by atoms with E-state index < -0.39 is 17.6 Å². The van der Waals surface area contributed by atoms with Crippen molar-refractivity contribution in [3.05, 3.63) is 69.1 Å². The Morgan fingerprint density at radius 1 is 1.18 bits per heavy atom. The molecule has 208 valence electrons. The molecule has 1 amide bonds. The molecule has 0 bridgehead atoms. The Hall–Kier alpha value is -4.25. The molecule has 40 heavy (non-hydrogen) atoms. The van der Waals surface area contributed by atoms with Crippen LogP contribution >= 0.6 is 11.6 Å². The van der Waals surface area contributed by atoms with E-state index in [4.69, 9.17) is 16.6 Å². The maximum Gasteiger partial charge on any atom is 0.407 e. The second kappa shape index (κ2) is 10.4. The number of piperazine rings is 1. The van der Waals surface area contributed by atoms with Crippen molar-refractivity contribution in [3.63, 3.8) is 0 Å². The summed E-state index contributed by atoms with van der Waals surface area (Å²) in [6, 6.07) is 6.55. The molecule has 1 aliphatic rings. The molecule has 5 rings (SSSR count). The quantitative estimate of drug-likeness (QED) is 0.355. The standard InChI is InChI=1S/C28H28ClFN6O4/c1-14(2)22-24(15(3)7-8-31-22)36-26-19(12-20(29)23(32-26)18-11-17(30)5-6-21(18)37)25(33-27(36)38)35-10-9-34(28(39)40)13-16(35)4/h5-8,11-12,14,16,37H,9-10,13H2,1-4H3,(H,39,40). The van der Waals surface area contributed by atoms with Gasteiger partial charge in [0.1, 0.15) is 17.4 Å². The van der Waals surface area contributed by atoms with Crippen LogP contribution in [0.4, 0.5) is 15.0 Å². The van der Waals surface area contributed by atoms with Crippen molar-refractivity contribution in [2.45, 2.75) is 39.7 Å². The van der Waals surface area contributed by atoms with Gasteiger partial charge in [-0.2, -0.15) is 4.98 Å². The van der Waals surface area contributed by atoms with Crippen molar-refractivity contribution in [2.75, 3.05) is 24.5 Å². The number of pyridine rings is 2. The van der Waals surface area contributed by atoms with Crippen molar-refractivity contribution in [1.29, 1.82) is 0 Å². The molecule has 1 saturated heterocycles. The molecule has 0 aliphatic carbocycles. The Morgan fingerprint density at radius 2 is 1.93 bits per heavy atom. The van der Waals surface area contributed by atoms with Gasteiger partial charge in [0.15, 0.2) is 5.65 Å². The number of aromatic nitrogens is 4. The second-order valence-electron chi connectivity index (χ2n) is 10.2. The lowest BCUT2D eigenvalue weighted by molar-refractivity contribution is 0.136. The monoisotopic (exact) mass is 566 g/mol. The number of phenolic OH excluding ortho intramolecular Hbond substituents is 1.